The van der Waals surface area contributed by atoms with Crippen molar-refractivity contribution in [2.24, 2.45) is 0 Å². The number of methoxy groups -OCH3 is 1. The predicted molar refractivity (Wildman–Crippen MR) is 241 cm³/mol. The van der Waals surface area contributed by atoms with E-state index in [0.29, 0.717) is 19.0 Å². The van der Waals surface area contributed by atoms with Crippen LogP contribution in [0.4, 0.5) is 4.79 Å². The van der Waals surface area contributed by atoms with E-state index >= 15 is 0 Å². The number of benzene rings is 6. The van der Waals surface area contributed by atoms with Gasteiger partial charge < -0.3 is 38.3 Å². The average molecular weight is 868 g/mol. The third-order valence-electron chi connectivity index (χ3n) is 11.2. The van der Waals surface area contributed by atoms with Crippen LogP contribution in [-0.4, -0.2) is 78.4 Å². The molecule has 11 heteroatoms. The van der Waals surface area contributed by atoms with Crippen molar-refractivity contribution in [3.05, 3.63) is 204 Å². The van der Waals surface area contributed by atoms with Crippen molar-refractivity contribution >= 4 is 17.9 Å². The van der Waals surface area contributed by atoms with Gasteiger partial charge >= 0.3 is 6.09 Å². The lowest BCUT2D eigenvalue weighted by molar-refractivity contribution is -0.113. The molecular formula is C52H53NO9S. The summed E-state index contributed by atoms with van der Waals surface area (Å²) < 4.78 is 45.3. The molecule has 1 amide bonds. The molecule has 2 fully saturated rings. The van der Waals surface area contributed by atoms with Crippen molar-refractivity contribution in [2.45, 2.75) is 79.4 Å². The van der Waals surface area contributed by atoms with Crippen molar-refractivity contribution in [1.82, 2.24) is 4.90 Å². The van der Waals surface area contributed by atoms with Crippen LogP contribution < -0.4 is 4.74 Å². The molecule has 0 unspecified atom stereocenters. The molecule has 0 aromatic heterocycles. The lowest BCUT2D eigenvalue weighted by Gasteiger charge is -2.34. The minimum atomic E-state index is -1.15. The third kappa shape index (κ3) is 11.8. The van der Waals surface area contributed by atoms with Crippen LogP contribution in [-0.2, 0) is 54.8 Å². The summed E-state index contributed by atoms with van der Waals surface area (Å²) in [5.74, 6) is 0.653. The molecule has 0 bridgehead atoms. The van der Waals surface area contributed by atoms with Gasteiger partial charge in [0.1, 0.15) is 54.4 Å². The number of aliphatic hydroxyl groups excluding tert-OH is 1. The van der Waals surface area contributed by atoms with Gasteiger partial charge in [-0.15, -0.1) is 0 Å². The summed E-state index contributed by atoms with van der Waals surface area (Å²) in [6, 6.07) is 56.0. The molecule has 63 heavy (non-hydrogen) atoms. The highest BCUT2D eigenvalue weighted by atomic mass is 32.2. The number of rotatable bonds is 19. The summed E-state index contributed by atoms with van der Waals surface area (Å²) >= 11 is 1.57. The SMILES string of the molecule is COc1ccc([C@@H](OC[C@H]2O[C@H](Sc3ccccc3)[C@H](OCc3ccccc3)[C@H]2OCc2ccccc2)[C@@H]2[C@H](O)[C@@H](OCc3ccccc3)CN2C(=O)OCc2ccccc2)cc1. The Kier molecular flexibility index (Phi) is 15.6. The molecule has 2 aliphatic rings. The van der Waals surface area contributed by atoms with Gasteiger partial charge in [-0.2, -0.15) is 0 Å². The molecule has 8 rings (SSSR count). The minimum Gasteiger partial charge on any atom is -0.497 e. The average Bonchev–Trinajstić information content (AvgIpc) is 3.85. The Morgan fingerprint density at radius 1 is 0.651 bits per heavy atom. The van der Waals surface area contributed by atoms with Crippen molar-refractivity contribution in [1.29, 1.82) is 0 Å². The molecule has 1 N–H and O–H groups in total. The van der Waals surface area contributed by atoms with Crippen LogP contribution in [0.5, 0.6) is 5.75 Å². The lowest BCUT2D eigenvalue weighted by atomic mass is 9.97. The van der Waals surface area contributed by atoms with E-state index in [1.54, 1.807) is 18.9 Å². The van der Waals surface area contributed by atoms with Crippen LogP contribution in [0.3, 0.4) is 0 Å². The molecule has 2 saturated heterocycles. The van der Waals surface area contributed by atoms with E-state index in [2.05, 4.69) is 12.1 Å². The second-order valence-corrected chi connectivity index (χ2v) is 16.7. The standard InChI is InChI=1S/C52H53NO9S/c1-56-42-29-27-41(28-30-42)48(46-47(54)44(57-32-37-17-7-2-8-18-37)31-53(46)52(55)61-35-40-23-13-5-14-24-40)60-36-45-49(58-33-38-19-9-3-10-20-38)50(59-34-39-21-11-4-12-22-39)51(62-45)63-43-25-15-6-16-26-43/h2-30,44-51,54H,31-36H2,1H3/t44-,45+,46-,47+,48+,49-,50+,51+/m0/s1. The first kappa shape index (κ1) is 44.1. The van der Waals surface area contributed by atoms with Gasteiger partial charge in [-0.25, -0.2) is 4.79 Å². The van der Waals surface area contributed by atoms with Gasteiger partial charge in [-0.3, -0.25) is 4.90 Å². The fraction of sp³-hybridized carbons (Fsp3) is 0.288. The number of aliphatic hydroxyl groups is 1. The van der Waals surface area contributed by atoms with Gasteiger partial charge in [-0.05, 0) is 52.1 Å². The van der Waals surface area contributed by atoms with Crippen molar-refractivity contribution in [3.63, 3.8) is 0 Å². The number of amides is 1. The van der Waals surface area contributed by atoms with Crippen LogP contribution in [0.15, 0.2) is 181 Å². The van der Waals surface area contributed by atoms with E-state index < -0.39 is 54.2 Å². The summed E-state index contributed by atoms with van der Waals surface area (Å²) in [4.78, 5) is 16.8. The van der Waals surface area contributed by atoms with Gasteiger partial charge in [0.15, 0.2) is 0 Å². The molecular weight excluding hydrogens is 815 g/mol. The highest BCUT2D eigenvalue weighted by Crippen LogP contribution is 2.41. The summed E-state index contributed by atoms with van der Waals surface area (Å²) in [6.45, 7) is 1.10. The normalized spacial score (nSPS) is 22.4. The predicted octanol–water partition coefficient (Wildman–Crippen LogP) is 9.41. The fourth-order valence-electron chi connectivity index (χ4n) is 7.95. The van der Waals surface area contributed by atoms with Gasteiger partial charge in [0, 0.05) is 4.90 Å². The second-order valence-electron chi connectivity index (χ2n) is 15.5. The first-order chi connectivity index (χ1) is 31.0. The monoisotopic (exact) mass is 867 g/mol. The first-order valence-electron chi connectivity index (χ1n) is 21.3. The Labute approximate surface area is 373 Å². The van der Waals surface area contributed by atoms with Gasteiger partial charge in [0.25, 0.3) is 0 Å². The number of ether oxygens (including phenoxy) is 7. The number of carbonyl (C=O) groups is 1. The zero-order chi connectivity index (χ0) is 43.2. The Balaban J connectivity index is 1.10. The van der Waals surface area contributed by atoms with Crippen LogP contribution in [0.1, 0.15) is 33.9 Å². The number of nitrogens with zero attached hydrogens (tertiary/aromatic N) is 1. The van der Waals surface area contributed by atoms with E-state index in [9.17, 15) is 9.90 Å². The summed E-state index contributed by atoms with van der Waals surface area (Å²) in [5, 5.41) is 12.3. The largest absolute Gasteiger partial charge is 0.497 e. The van der Waals surface area contributed by atoms with Crippen molar-refractivity contribution < 1.29 is 43.1 Å². The molecule has 6 aromatic rings. The van der Waals surface area contributed by atoms with E-state index in [1.807, 2.05) is 164 Å². The smallest absolute Gasteiger partial charge is 0.410 e. The summed E-state index contributed by atoms with van der Waals surface area (Å²) in [6.07, 6.45) is -5.01. The Bertz CT molecular complexity index is 2260. The molecule has 0 saturated carbocycles. The zero-order valence-electron chi connectivity index (χ0n) is 35.2. The number of carbonyl (C=O) groups excluding carboxylic acids is 1. The van der Waals surface area contributed by atoms with Gasteiger partial charge in [-0.1, -0.05) is 163 Å². The Hall–Kier alpha value is -5.50. The molecule has 2 aliphatic heterocycles. The van der Waals surface area contributed by atoms with Gasteiger partial charge in [0.05, 0.1) is 46.1 Å². The molecule has 8 atom stereocenters. The Morgan fingerprint density at radius 3 is 1.68 bits per heavy atom. The second kappa shape index (κ2) is 22.2. The Morgan fingerprint density at radius 2 is 1.14 bits per heavy atom. The molecule has 10 nitrogen and oxygen atoms in total. The quantitative estimate of drug-likeness (QED) is 0.0847. The van der Waals surface area contributed by atoms with Crippen LogP contribution in [0.25, 0.3) is 0 Å². The molecule has 6 aromatic carbocycles. The number of likely N-dealkylation sites (tertiary alicyclic amines) is 1. The lowest BCUT2D eigenvalue weighted by Crippen LogP contribution is -2.46. The molecule has 326 valence electrons. The van der Waals surface area contributed by atoms with Crippen LogP contribution >= 0.6 is 11.8 Å². The maximum Gasteiger partial charge on any atom is 0.410 e. The number of thioether (sulfide) groups is 1. The van der Waals surface area contributed by atoms with Gasteiger partial charge in [0.2, 0.25) is 0 Å². The highest BCUT2D eigenvalue weighted by Gasteiger charge is 2.51. The maximum atomic E-state index is 14.2. The molecule has 2 heterocycles. The van der Waals surface area contributed by atoms with Crippen molar-refractivity contribution in [2.75, 3.05) is 20.3 Å². The molecule has 0 spiro atoms. The van der Waals surface area contributed by atoms with E-state index in [4.69, 9.17) is 33.2 Å². The fourth-order valence-corrected chi connectivity index (χ4v) is 9.09. The summed E-state index contributed by atoms with van der Waals surface area (Å²) in [7, 11) is 1.61. The van der Waals surface area contributed by atoms with E-state index in [1.165, 1.54) is 4.90 Å². The van der Waals surface area contributed by atoms with Crippen LogP contribution in [0.2, 0.25) is 0 Å². The minimum absolute atomic E-state index is 0.0405. The molecule has 0 radical (unpaired) electrons. The van der Waals surface area contributed by atoms with Crippen LogP contribution in [0, 0.1) is 0 Å². The number of hydrogen-bond acceptors (Lipinski definition) is 10. The summed E-state index contributed by atoms with van der Waals surface area (Å²) in [5.41, 5.74) is 4.09. The topological polar surface area (TPSA) is 105 Å². The van der Waals surface area contributed by atoms with E-state index in [0.717, 1.165) is 32.7 Å². The molecule has 0 aliphatic carbocycles. The zero-order valence-corrected chi connectivity index (χ0v) is 36.0. The van der Waals surface area contributed by atoms with Crippen molar-refractivity contribution in [3.8, 4) is 5.75 Å². The first-order valence-corrected chi connectivity index (χ1v) is 22.1. The van der Waals surface area contributed by atoms with E-state index in [-0.39, 0.29) is 26.4 Å². The number of hydrogen-bond donors (Lipinski definition) is 1. The maximum absolute atomic E-state index is 14.2. The third-order valence-corrected chi connectivity index (χ3v) is 12.4. The highest BCUT2D eigenvalue weighted by molar-refractivity contribution is 7.99.